The maximum absolute atomic E-state index is 11.9. The largest absolute Gasteiger partial charge is 0.504 e. The minimum Gasteiger partial charge on any atom is -0.504 e. The molecule has 0 saturated heterocycles. The number of phenols is 1. The van der Waals surface area contributed by atoms with E-state index in [0.29, 0.717) is 5.56 Å². The van der Waals surface area contributed by atoms with Crippen LogP contribution in [0.4, 0.5) is 4.79 Å². The highest BCUT2D eigenvalue weighted by Crippen LogP contribution is 2.26. The number of phenolic OH excluding ortho intramolecular Hbond substituents is 1. The number of carbonyl (C=O) groups is 2. The van der Waals surface area contributed by atoms with Crippen LogP contribution in [0.15, 0.2) is 18.2 Å². The van der Waals surface area contributed by atoms with Crippen molar-refractivity contribution in [3.8, 4) is 11.5 Å². The number of benzene rings is 1. The van der Waals surface area contributed by atoms with Gasteiger partial charge in [-0.25, -0.2) is 9.59 Å². The number of alkyl carbamates (subject to hydrolysis) is 1. The van der Waals surface area contributed by atoms with Crippen molar-refractivity contribution in [3.05, 3.63) is 23.8 Å². The van der Waals surface area contributed by atoms with Gasteiger partial charge in [0.2, 0.25) is 0 Å². The first-order valence-electron chi connectivity index (χ1n) is 7.09. The molecule has 0 heterocycles. The van der Waals surface area contributed by atoms with Crippen molar-refractivity contribution in [3.63, 3.8) is 0 Å². The molecule has 7 nitrogen and oxygen atoms in total. The molecule has 0 aromatic heterocycles. The number of carbonyl (C=O) groups excluding carboxylic acids is 2. The third-order valence-corrected chi connectivity index (χ3v) is 2.86. The van der Waals surface area contributed by atoms with E-state index in [-0.39, 0.29) is 17.9 Å². The summed E-state index contributed by atoms with van der Waals surface area (Å²) in [6.45, 7) is 5.18. The van der Waals surface area contributed by atoms with Crippen LogP contribution in [0.1, 0.15) is 26.3 Å². The molecule has 1 aromatic carbocycles. The van der Waals surface area contributed by atoms with Crippen LogP contribution >= 0.6 is 0 Å². The molecule has 1 amide bonds. The van der Waals surface area contributed by atoms with Crippen LogP contribution in [0.5, 0.6) is 11.5 Å². The van der Waals surface area contributed by atoms with Gasteiger partial charge in [-0.1, -0.05) is 6.07 Å². The standard InChI is InChI=1S/C16H23NO6/c1-16(2,3)23-15(20)17-11(14(19)22-5)8-10-6-7-12(18)13(9-10)21-4/h6-7,9,11,18H,8H2,1-5H3,(H,17,20). The lowest BCUT2D eigenvalue weighted by atomic mass is 10.1. The molecule has 0 fully saturated rings. The summed E-state index contributed by atoms with van der Waals surface area (Å²) >= 11 is 0. The number of methoxy groups -OCH3 is 2. The molecule has 0 saturated carbocycles. The first-order chi connectivity index (χ1) is 10.7. The Bertz CT molecular complexity index is 564. The van der Waals surface area contributed by atoms with Crippen LogP contribution in [0.25, 0.3) is 0 Å². The molecule has 23 heavy (non-hydrogen) atoms. The van der Waals surface area contributed by atoms with Gasteiger partial charge in [0.05, 0.1) is 14.2 Å². The smallest absolute Gasteiger partial charge is 0.408 e. The molecule has 128 valence electrons. The number of nitrogens with one attached hydrogen (secondary N) is 1. The van der Waals surface area contributed by atoms with Gasteiger partial charge in [0.25, 0.3) is 0 Å². The van der Waals surface area contributed by atoms with E-state index in [1.165, 1.54) is 20.3 Å². The van der Waals surface area contributed by atoms with Gasteiger partial charge in [0.15, 0.2) is 11.5 Å². The topological polar surface area (TPSA) is 94.1 Å². The molecule has 1 rings (SSSR count). The highest BCUT2D eigenvalue weighted by Gasteiger charge is 2.25. The lowest BCUT2D eigenvalue weighted by molar-refractivity contribution is -0.143. The maximum atomic E-state index is 11.9. The summed E-state index contributed by atoms with van der Waals surface area (Å²) in [5, 5.41) is 12.1. The van der Waals surface area contributed by atoms with Gasteiger partial charge < -0.3 is 24.6 Å². The Balaban J connectivity index is 2.87. The van der Waals surface area contributed by atoms with Gasteiger partial charge in [0.1, 0.15) is 11.6 Å². The first-order valence-corrected chi connectivity index (χ1v) is 7.09. The van der Waals surface area contributed by atoms with Crippen molar-refractivity contribution >= 4 is 12.1 Å². The minimum absolute atomic E-state index is 0.00836. The molecular formula is C16H23NO6. The fourth-order valence-electron chi connectivity index (χ4n) is 1.87. The Morgan fingerprint density at radius 2 is 1.91 bits per heavy atom. The van der Waals surface area contributed by atoms with Gasteiger partial charge in [0, 0.05) is 6.42 Å². The van der Waals surface area contributed by atoms with Crippen LogP contribution in [-0.2, 0) is 20.7 Å². The molecule has 0 radical (unpaired) electrons. The molecule has 7 heteroatoms. The average Bonchev–Trinajstić information content (AvgIpc) is 2.45. The Morgan fingerprint density at radius 1 is 1.26 bits per heavy atom. The monoisotopic (exact) mass is 325 g/mol. The van der Waals surface area contributed by atoms with Crippen molar-refractivity contribution in [2.45, 2.75) is 38.8 Å². The van der Waals surface area contributed by atoms with Crippen molar-refractivity contribution in [1.82, 2.24) is 5.32 Å². The zero-order chi connectivity index (χ0) is 17.6. The number of hydrogen-bond donors (Lipinski definition) is 2. The van der Waals surface area contributed by atoms with Crippen LogP contribution < -0.4 is 10.1 Å². The van der Waals surface area contributed by atoms with E-state index in [9.17, 15) is 14.7 Å². The van der Waals surface area contributed by atoms with Crippen molar-refractivity contribution in [2.75, 3.05) is 14.2 Å². The summed E-state index contributed by atoms with van der Waals surface area (Å²) in [6.07, 6.45) is -0.540. The van der Waals surface area contributed by atoms with Gasteiger partial charge in [-0.05, 0) is 38.5 Å². The number of ether oxygens (including phenoxy) is 3. The highest BCUT2D eigenvalue weighted by molar-refractivity contribution is 5.81. The molecule has 2 N–H and O–H groups in total. The van der Waals surface area contributed by atoms with E-state index in [1.54, 1.807) is 32.9 Å². The summed E-state index contributed by atoms with van der Waals surface area (Å²) in [5.74, 6) is -0.322. The van der Waals surface area contributed by atoms with E-state index in [1.807, 2.05) is 0 Å². The quantitative estimate of drug-likeness (QED) is 0.804. The molecule has 0 aliphatic heterocycles. The maximum Gasteiger partial charge on any atom is 0.408 e. The van der Waals surface area contributed by atoms with Crippen LogP contribution in [-0.4, -0.2) is 43.0 Å². The fourth-order valence-corrected chi connectivity index (χ4v) is 1.87. The molecule has 1 aromatic rings. The third kappa shape index (κ3) is 6.06. The first kappa shape index (κ1) is 18.6. The zero-order valence-corrected chi connectivity index (χ0v) is 14.0. The summed E-state index contributed by atoms with van der Waals surface area (Å²) in [5.41, 5.74) is 0.0121. The molecule has 1 atom stereocenters. The van der Waals surface area contributed by atoms with E-state index < -0.39 is 23.7 Å². The van der Waals surface area contributed by atoms with Crippen molar-refractivity contribution in [1.29, 1.82) is 0 Å². The van der Waals surface area contributed by atoms with Gasteiger partial charge in [-0.3, -0.25) is 0 Å². The summed E-state index contributed by atoms with van der Waals surface area (Å²) in [4.78, 5) is 23.7. The van der Waals surface area contributed by atoms with Crippen LogP contribution in [0, 0.1) is 0 Å². The highest BCUT2D eigenvalue weighted by atomic mass is 16.6. The number of amides is 1. The lowest BCUT2D eigenvalue weighted by Crippen LogP contribution is -2.45. The number of aromatic hydroxyl groups is 1. The molecule has 0 aliphatic rings. The number of esters is 1. The average molecular weight is 325 g/mol. The minimum atomic E-state index is -0.913. The Labute approximate surface area is 135 Å². The normalized spacial score (nSPS) is 12.2. The van der Waals surface area contributed by atoms with Crippen LogP contribution in [0.3, 0.4) is 0 Å². The third-order valence-electron chi connectivity index (χ3n) is 2.86. The number of hydrogen-bond acceptors (Lipinski definition) is 6. The molecule has 0 spiro atoms. The second kappa shape index (κ2) is 7.71. The van der Waals surface area contributed by atoms with Crippen molar-refractivity contribution in [2.24, 2.45) is 0 Å². The predicted octanol–water partition coefficient (Wildman–Crippen LogP) is 2.01. The summed E-state index contributed by atoms with van der Waals surface area (Å²) < 4.78 is 14.9. The Kier molecular flexibility index (Phi) is 6.24. The Hall–Kier alpha value is -2.44. The van der Waals surface area contributed by atoms with Gasteiger partial charge >= 0.3 is 12.1 Å². The lowest BCUT2D eigenvalue weighted by Gasteiger charge is -2.22. The zero-order valence-electron chi connectivity index (χ0n) is 14.0. The SMILES string of the molecule is COC(=O)C(Cc1ccc(O)c(OC)c1)NC(=O)OC(C)(C)C. The summed E-state index contributed by atoms with van der Waals surface area (Å²) in [7, 11) is 2.67. The predicted molar refractivity (Wildman–Crippen MR) is 83.5 cm³/mol. The second-order valence-electron chi connectivity index (χ2n) is 5.93. The fraction of sp³-hybridized carbons (Fsp3) is 0.500. The van der Waals surface area contributed by atoms with Crippen LogP contribution in [0.2, 0.25) is 0 Å². The van der Waals surface area contributed by atoms with Gasteiger partial charge in [-0.2, -0.15) is 0 Å². The van der Waals surface area contributed by atoms with E-state index >= 15 is 0 Å². The molecular weight excluding hydrogens is 302 g/mol. The second-order valence-corrected chi connectivity index (χ2v) is 5.93. The van der Waals surface area contributed by atoms with E-state index in [0.717, 1.165) is 0 Å². The van der Waals surface area contributed by atoms with Gasteiger partial charge in [-0.15, -0.1) is 0 Å². The molecule has 0 aliphatic carbocycles. The number of rotatable bonds is 5. The van der Waals surface area contributed by atoms with E-state index in [4.69, 9.17) is 14.2 Å². The van der Waals surface area contributed by atoms with E-state index in [2.05, 4.69) is 5.32 Å². The molecule has 0 bridgehead atoms. The summed E-state index contributed by atoms with van der Waals surface area (Å²) in [6, 6.07) is 3.76. The molecule has 1 unspecified atom stereocenters. The Morgan fingerprint density at radius 3 is 2.43 bits per heavy atom. The van der Waals surface area contributed by atoms with Crippen molar-refractivity contribution < 1.29 is 28.9 Å².